The first-order chi connectivity index (χ1) is 9.93. The number of carboxylic acid groups (broad SMARTS) is 1. The number of amides is 1. The molecule has 0 bridgehead atoms. The molecular weight excluding hydrogens is 286 g/mol. The maximum Gasteiger partial charge on any atom is 0.306 e. The molecule has 2 rings (SSSR count). The summed E-state index contributed by atoms with van der Waals surface area (Å²) >= 11 is 1.61. The Labute approximate surface area is 129 Å². The van der Waals surface area contributed by atoms with Crippen LogP contribution in [-0.4, -0.2) is 40.7 Å². The van der Waals surface area contributed by atoms with E-state index >= 15 is 0 Å². The molecule has 114 valence electrons. The van der Waals surface area contributed by atoms with E-state index in [-0.39, 0.29) is 17.9 Å². The molecule has 0 aliphatic carbocycles. The summed E-state index contributed by atoms with van der Waals surface area (Å²) in [6, 6.07) is 5.87. The van der Waals surface area contributed by atoms with Crippen molar-refractivity contribution in [1.82, 2.24) is 4.90 Å². The Morgan fingerprint density at radius 3 is 2.67 bits per heavy atom. The van der Waals surface area contributed by atoms with Crippen LogP contribution in [0.15, 0.2) is 23.1 Å². The molecule has 0 saturated carbocycles. The summed E-state index contributed by atoms with van der Waals surface area (Å²) in [6.45, 7) is 4.38. The standard InChI is InChI=1S/C16H21NO3S/c1-10-4-5-13(21-3)9-14(10)15(18)17-7-6-12(16(19)20)8-11(17)2/h4-5,9,11-12H,6-8H2,1-3H3,(H,19,20). The van der Waals surface area contributed by atoms with E-state index in [0.717, 1.165) is 16.0 Å². The average Bonchev–Trinajstić information content (AvgIpc) is 2.47. The van der Waals surface area contributed by atoms with Crippen LogP contribution < -0.4 is 0 Å². The molecule has 0 aromatic heterocycles. The minimum Gasteiger partial charge on any atom is -0.481 e. The van der Waals surface area contributed by atoms with Gasteiger partial charge in [0.25, 0.3) is 5.91 Å². The lowest BCUT2D eigenvalue weighted by atomic mass is 9.91. The number of benzene rings is 1. The van der Waals surface area contributed by atoms with Gasteiger partial charge in [0.1, 0.15) is 0 Å². The summed E-state index contributed by atoms with van der Waals surface area (Å²) < 4.78 is 0. The van der Waals surface area contributed by atoms with Crippen molar-refractivity contribution in [1.29, 1.82) is 0 Å². The Hall–Kier alpha value is -1.49. The predicted molar refractivity (Wildman–Crippen MR) is 83.8 cm³/mol. The van der Waals surface area contributed by atoms with Crippen LogP contribution in [0, 0.1) is 12.8 Å². The second kappa shape index (κ2) is 6.52. The number of carbonyl (C=O) groups is 2. The zero-order valence-corrected chi connectivity index (χ0v) is 13.4. The molecule has 21 heavy (non-hydrogen) atoms. The van der Waals surface area contributed by atoms with Gasteiger partial charge in [0, 0.05) is 23.0 Å². The van der Waals surface area contributed by atoms with Crippen molar-refractivity contribution in [2.75, 3.05) is 12.8 Å². The van der Waals surface area contributed by atoms with Crippen molar-refractivity contribution in [3.8, 4) is 0 Å². The zero-order chi connectivity index (χ0) is 15.6. The number of aryl methyl sites for hydroxylation is 1. The molecule has 1 heterocycles. The van der Waals surface area contributed by atoms with Crippen LogP contribution >= 0.6 is 11.8 Å². The van der Waals surface area contributed by atoms with E-state index < -0.39 is 5.97 Å². The minimum absolute atomic E-state index is 0.0136. The Kier molecular flexibility index (Phi) is 4.93. The Morgan fingerprint density at radius 2 is 2.10 bits per heavy atom. The number of hydrogen-bond donors (Lipinski definition) is 1. The fourth-order valence-corrected chi connectivity index (χ4v) is 3.25. The number of rotatable bonds is 3. The van der Waals surface area contributed by atoms with Gasteiger partial charge in [-0.2, -0.15) is 0 Å². The van der Waals surface area contributed by atoms with Crippen LogP contribution in [0.2, 0.25) is 0 Å². The zero-order valence-electron chi connectivity index (χ0n) is 12.6. The minimum atomic E-state index is -0.755. The molecule has 0 radical (unpaired) electrons. The second-order valence-corrected chi connectivity index (χ2v) is 6.47. The summed E-state index contributed by atoms with van der Waals surface area (Å²) in [6.07, 6.45) is 3.05. The number of nitrogens with zero attached hydrogens (tertiary/aromatic N) is 1. The normalized spacial score (nSPS) is 22.1. The van der Waals surface area contributed by atoms with E-state index in [1.165, 1.54) is 0 Å². The van der Waals surface area contributed by atoms with Crippen molar-refractivity contribution in [2.45, 2.75) is 37.6 Å². The van der Waals surface area contributed by atoms with Crippen LogP contribution in [0.1, 0.15) is 35.7 Å². The van der Waals surface area contributed by atoms with E-state index in [1.54, 1.807) is 11.8 Å². The highest BCUT2D eigenvalue weighted by molar-refractivity contribution is 7.98. The molecule has 2 unspecified atom stereocenters. The SMILES string of the molecule is CSc1ccc(C)c(C(=O)N2CCC(C(=O)O)CC2C)c1. The number of piperidine rings is 1. The summed E-state index contributed by atoms with van der Waals surface area (Å²) in [5.41, 5.74) is 1.69. The van der Waals surface area contributed by atoms with Crippen LogP contribution in [-0.2, 0) is 4.79 Å². The summed E-state index contributed by atoms with van der Waals surface area (Å²) in [5.74, 6) is -1.07. The first-order valence-electron chi connectivity index (χ1n) is 7.12. The summed E-state index contributed by atoms with van der Waals surface area (Å²) in [5, 5.41) is 9.10. The molecule has 4 nitrogen and oxygen atoms in total. The molecular formula is C16H21NO3S. The number of thioether (sulfide) groups is 1. The van der Waals surface area contributed by atoms with E-state index in [0.29, 0.717) is 19.4 Å². The maximum absolute atomic E-state index is 12.7. The van der Waals surface area contributed by atoms with Gasteiger partial charge in [-0.05, 0) is 50.6 Å². The summed E-state index contributed by atoms with van der Waals surface area (Å²) in [4.78, 5) is 26.7. The first-order valence-corrected chi connectivity index (χ1v) is 8.35. The Morgan fingerprint density at radius 1 is 1.38 bits per heavy atom. The second-order valence-electron chi connectivity index (χ2n) is 5.59. The van der Waals surface area contributed by atoms with Gasteiger partial charge < -0.3 is 10.0 Å². The van der Waals surface area contributed by atoms with Gasteiger partial charge in [-0.25, -0.2) is 0 Å². The highest BCUT2D eigenvalue weighted by Crippen LogP contribution is 2.27. The molecule has 0 spiro atoms. The molecule has 1 N–H and O–H groups in total. The molecule has 5 heteroatoms. The smallest absolute Gasteiger partial charge is 0.306 e. The van der Waals surface area contributed by atoms with Gasteiger partial charge in [0.2, 0.25) is 0 Å². The van der Waals surface area contributed by atoms with Crippen LogP contribution in [0.25, 0.3) is 0 Å². The average molecular weight is 307 g/mol. The van der Waals surface area contributed by atoms with Crippen molar-refractivity contribution < 1.29 is 14.7 Å². The third-order valence-corrected chi connectivity index (χ3v) is 4.89. The van der Waals surface area contributed by atoms with Gasteiger partial charge in [0.15, 0.2) is 0 Å². The molecule has 1 amide bonds. The summed E-state index contributed by atoms with van der Waals surface area (Å²) in [7, 11) is 0. The number of likely N-dealkylation sites (tertiary alicyclic amines) is 1. The van der Waals surface area contributed by atoms with Gasteiger partial charge in [-0.1, -0.05) is 6.07 Å². The third kappa shape index (κ3) is 3.40. The van der Waals surface area contributed by atoms with Gasteiger partial charge in [-0.3, -0.25) is 9.59 Å². The number of hydrogen-bond acceptors (Lipinski definition) is 3. The lowest BCUT2D eigenvalue weighted by molar-refractivity contribution is -0.143. The molecule has 1 aliphatic rings. The molecule has 1 saturated heterocycles. The third-order valence-electron chi connectivity index (χ3n) is 4.16. The van der Waals surface area contributed by atoms with Gasteiger partial charge in [0.05, 0.1) is 5.92 Å². The lowest BCUT2D eigenvalue weighted by Gasteiger charge is -2.36. The molecule has 1 aromatic carbocycles. The number of carboxylic acids is 1. The molecule has 1 aromatic rings. The lowest BCUT2D eigenvalue weighted by Crippen LogP contribution is -2.46. The first kappa shape index (κ1) is 15.9. The van der Waals surface area contributed by atoms with E-state index in [1.807, 2.05) is 43.2 Å². The van der Waals surface area contributed by atoms with Crippen molar-refractivity contribution in [2.24, 2.45) is 5.92 Å². The van der Waals surface area contributed by atoms with Gasteiger partial charge in [-0.15, -0.1) is 11.8 Å². The van der Waals surface area contributed by atoms with Crippen LogP contribution in [0.3, 0.4) is 0 Å². The Bertz CT molecular complexity index is 558. The maximum atomic E-state index is 12.7. The largest absolute Gasteiger partial charge is 0.481 e. The number of aliphatic carboxylic acids is 1. The van der Waals surface area contributed by atoms with Crippen molar-refractivity contribution in [3.63, 3.8) is 0 Å². The Balaban J connectivity index is 2.19. The van der Waals surface area contributed by atoms with E-state index in [4.69, 9.17) is 5.11 Å². The van der Waals surface area contributed by atoms with E-state index in [9.17, 15) is 9.59 Å². The molecule has 2 atom stereocenters. The molecule has 1 fully saturated rings. The quantitative estimate of drug-likeness (QED) is 0.872. The monoisotopic (exact) mass is 307 g/mol. The van der Waals surface area contributed by atoms with Crippen LogP contribution in [0.4, 0.5) is 0 Å². The highest BCUT2D eigenvalue weighted by atomic mass is 32.2. The fraction of sp³-hybridized carbons (Fsp3) is 0.500. The van der Waals surface area contributed by atoms with Crippen molar-refractivity contribution >= 4 is 23.6 Å². The topological polar surface area (TPSA) is 57.6 Å². The molecule has 1 aliphatic heterocycles. The van der Waals surface area contributed by atoms with Crippen molar-refractivity contribution in [3.05, 3.63) is 29.3 Å². The highest BCUT2D eigenvalue weighted by Gasteiger charge is 2.33. The van der Waals surface area contributed by atoms with Crippen LogP contribution in [0.5, 0.6) is 0 Å². The predicted octanol–water partition coefficient (Wildman–Crippen LogP) is 3.04. The van der Waals surface area contributed by atoms with Gasteiger partial charge >= 0.3 is 5.97 Å². The van der Waals surface area contributed by atoms with E-state index in [2.05, 4.69) is 0 Å². The fourth-order valence-electron chi connectivity index (χ4n) is 2.81. The number of carbonyl (C=O) groups excluding carboxylic acids is 1.